The summed E-state index contributed by atoms with van der Waals surface area (Å²) < 4.78 is 1.97. The molecule has 2 rings (SSSR count). The van der Waals surface area contributed by atoms with E-state index in [0.717, 1.165) is 11.0 Å². The second-order valence-corrected chi connectivity index (χ2v) is 2.97. The Balaban J connectivity index is 2.75. The summed E-state index contributed by atoms with van der Waals surface area (Å²) >= 11 is 0. The minimum atomic E-state index is 0.658. The molecule has 2 heteroatoms. The number of para-hydroxylation sites is 2. The number of benzene rings is 1. The first kappa shape index (κ1) is 8.58. The van der Waals surface area contributed by atoms with Crippen LogP contribution in [-0.4, -0.2) is 9.55 Å². The molecule has 0 fully saturated rings. The monoisotopic (exact) mass is 182 g/mol. The predicted octanol–water partition coefficient (Wildman–Crippen LogP) is 2.20. The van der Waals surface area contributed by atoms with Crippen molar-refractivity contribution in [3.05, 3.63) is 42.7 Å². The van der Waals surface area contributed by atoms with Crippen LogP contribution < -0.4 is 0 Å². The highest BCUT2D eigenvalue weighted by atomic mass is 15.1. The van der Waals surface area contributed by atoms with E-state index in [1.165, 1.54) is 0 Å². The molecule has 0 saturated carbocycles. The van der Waals surface area contributed by atoms with Crippen LogP contribution in [0.1, 0.15) is 5.82 Å². The van der Waals surface area contributed by atoms with E-state index in [0.29, 0.717) is 12.4 Å². The van der Waals surface area contributed by atoms with Crippen LogP contribution in [0.15, 0.2) is 36.9 Å². The standard InChI is InChI=1S/C12H10N2/c1-3-9-14-11-8-6-5-7-10(11)13-12(14)4-2/h2-3,5-8H,1,9H2. The van der Waals surface area contributed by atoms with E-state index in [1.54, 1.807) is 0 Å². The Labute approximate surface area is 82.9 Å². The summed E-state index contributed by atoms with van der Waals surface area (Å²) in [5.41, 5.74) is 1.99. The van der Waals surface area contributed by atoms with Crippen LogP contribution in [0.2, 0.25) is 0 Å². The molecule has 0 aliphatic carbocycles. The molecule has 0 amide bonds. The molecule has 0 saturated heterocycles. The fourth-order valence-corrected chi connectivity index (χ4v) is 1.50. The zero-order chi connectivity index (χ0) is 9.97. The molecule has 0 N–H and O–H groups in total. The van der Waals surface area contributed by atoms with Gasteiger partial charge in [0.05, 0.1) is 11.0 Å². The molecule has 0 atom stereocenters. The van der Waals surface area contributed by atoms with Crippen molar-refractivity contribution in [2.45, 2.75) is 6.54 Å². The van der Waals surface area contributed by atoms with Crippen molar-refractivity contribution in [3.8, 4) is 12.3 Å². The molecule has 68 valence electrons. The van der Waals surface area contributed by atoms with Gasteiger partial charge in [-0.15, -0.1) is 13.0 Å². The molecule has 14 heavy (non-hydrogen) atoms. The minimum absolute atomic E-state index is 0.658. The Morgan fingerprint density at radius 2 is 2.29 bits per heavy atom. The third kappa shape index (κ3) is 1.20. The summed E-state index contributed by atoms with van der Waals surface area (Å²) in [6, 6.07) is 7.89. The van der Waals surface area contributed by atoms with E-state index in [2.05, 4.69) is 17.5 Å². The smallest absolute Gasteiger partial charge is 0.186 e. The van der Waals surface area contributed by atoms with Crippen LogP contribution >= 0.6 is 0 Å². The van der Waals surface area contributed by atoms with Gasteiger partial charge in [-0.2, -0.15) is 0 Å². The van der Waals surface area contributed by atoms with Gasteiger partial charge in [0.1, 0.15) is 0 Å². The lowest BCUT2D eigenvalue weighted by Gasteiger charge is -2.00. The third-order valence-corrected chi connectivity index (χ3v) is 2.10. The van der Waals surface area contributed by atoms with E-state index in [9.17, 15) is 0 Å². The molecule has 0 bridgehead atoms. The summed E-state index contributed by atoms with van der Waals surface area (Å²) in [5, 5.41) is 0. The van der Waals surface area contributed by atoms with Crippen molar-refractivity contribution in [3.63, 3.8) is 0 Å². The minimum Gasteiger partial charge on any atom is -0.313 e. The number of terminal acetylenes is 1. The maximum atomic E-state index is 5.38. The van der Waals surface area contributed by atoms with Gasteiger partial charge in [0, 0.05) is 6.54 Å². The van der Waals surface area contributed by atoms with Crippen molar-refractivity contribution < 1.29 is 0 Å². The number of hydrogen-bond donors (Lipinski definition) is 0. The Hall–Kier alpha value is -2.01. The second kappa shape index (κ2) is 3.39. The van der Waals surface area contributed by atoms with Crippen LogP contribution in [0.3, 0.4) is 0 Å². The normalized spacial score (nSPS) is 9.93. The van der Waals surface area contributed by atoms with Crippen LogP contribution in [0.5, 0.6) is 0 Å². The van der Waals surface area contributed by atoms with Gasteiger partial charge in [-0.3, -0.25) is 0 Å². The fourth-order valence-electron chi connectivity index (χ4n) is 1.50. The number of hydrogen-bond acceptors (Lipinski definition) is 1. The molecular weight excluding hydrogens is 172 g/mol. The van der Waals surface area contributed by atoms with Gasteiger partial charge in [0.15, 0.2) is 5.82 Å². The molecule has 0 unspecified atom stereocenters. The fraction of sp³-hybridized carbons (Fsp3) is 0.0833. The van der Waals surface area contributed by atoms with Gasteiger partial charge in [-0.1, -0.05) is 18.2 Å². The van der Waals surface area contributed by atoms with Gasteiger partial charge in [0.25, 0.3) is 0 Å². The first-order chi connectivity index (χ1) is 6.86. The zero-order valence-electron chi connectivity index (χ0n) is 7.77. The van der Waals surface area contributed by atoms with Gasteiger partial charge < -0.3 is 4.57 Å². The highest BCUT2D eigenvalue weighted by Crippen LogP contribution is 2.15. The number of imidazole rings is 1. The quantitative estimate of drug-likeness (QED) is 0.514. The summed E-state index contributed by atoms with van der Waals surface area (Å²) in [6.45, 7) is 4.40. The number of nitrogens with zero attached hydrogens (tertiary/aromatic N) is 2. The maximum Gasteiger partial charge on any atom is 0.186 e. The maximum absolute atomic E-state index is 5.38. The Morgan fingerprint density at radius 3 is 3.00 bits per heavy atom. The molecule has 2 aromatic rings. The number of fused-ring (bicyclic) bond motifs is 1. The molecule has 2 nitrogen and oxygen atoms in total. The van der Waals surface area contributed by atoms with Crippen molar-refractivity contribution in [2.24, 2.45) is 0 Å². The third-order valence-electron chi connectivity index (χ3n) is 2.10. The molecular formula is C12H10N2. The SMILES string of the molecule is C#Cc1nc2ccccc2n1CC=C. The van der Waals surface area contributed by atoms with E-state index in [4.69, 9.17) is 6.42 Å². The first-order valence-electron chi connectivity index (χ1n) is 4.39. The zero-order valence-corrected chi connectivity index (χ0v) is 7.77. The number of aromatic nitrogens is 2. The van der Waals surface area contributed by atoms with E-state index >= 15 is 0 Å². The Bertz CT molecular complexity index is 515. The lowest BCUT2D eigenvalue weighted by molar-refractivity contribution is 0.836. The van der Waals surface area contributed by atoms with Gasteiger partial charge in [-0.05, 0) is 18.1 Å². The molecule has 0 aliphatic rings. The Kier molecular flexibility index (Phi) is 2.08. The predicted molar refractivity (Wildman–Crippen MR) is 57.9 cm³/mol. The van der Waals surface area contributed by atoms with Crippen molar-refractivity contribution >= 4 is 11.0 Å². The summed E-state index contributed by atoms with van der Waals surface area (Å²) in [7, 11) is 0. The molecule has 1 aromatic heterocycles. The van der Waals surface area contributed by atoms with E-state index in [1.807, 2.05) is 34.9 Å². The average Bonchev–Trinajstić information content (AvgIpc) is 2.58. The van der Waals surface area contributed by atoms with Crippen LogP contribution in [0, 0.1) is 12.3 Å². The van der Waals surface area contributed by atoms with Crippen LogP contribution in [-0.2, 0) is 6.54 Å². The highest BCUT2D eigenvalue weighted by Gasteiger charge is 2.05. The molecule has 0 aliphatic heterocycles. The Morgan fingerprint density at radius 1 is 1.50 bits per heavy atom. The highest BCUT2D eigenvalue weighted by molar-refractivity contribution is 5.76. The number of allylic oxidation sites excluding steroid dienone is 1. The molecule has 1 aromatic carbocycles. The largest absolute Gasteiger partial charge is 0.313 e. The van der Waals surface area contributed by atoms with Crippen molar-refractivity contribution in [1.82, 2.24) is 9.55 Å². The summed E-state index contributed by atoms with van der Waals surface area (Å²) in [6.07, 6.45) is 7.19. The van der Waals surface area contributed by atoms with Crippen LogP contribution in [0.25, 0.3) is 11.0 Å². The van der Waals surface area contributed by atoms with E-state index < -0.39 is 0 Å². The van der Waals surface area contributed by atoms with Crippen molar-refractivity contribution in [1.29, 1.82) is 0 Å². The molecule has 0 spiro atoms. The van der Waals surface area contributed by atoms with Gasteiger partial charge in [0.2, 0.25) is 0 Å². The van der Waals surface area contributed by atoms with Gasteiger partial charge in [-0.25, -0.2) is 4.98 Å². The lowest BCUT2D eigenvalue weighted by atomic mass is 10.3. The second-order valence-electron chi connectivity index (χ2n) is 2.97. The van der Waals surface area contributed by atoms with Crippen LogP contribution in [0.4, 0.5) is 0 Å². The first-order valence-corrected chi connectivity index (χ1v) is 4.39. The summed E-state index contributed by atoms with van der Waals surface area (Å²) in [4.78, 5) is 4.33. The summed E-state index contributed by atoms with van der Waals surface area (Å²) in [5.74, 6) is 3.23. The topological polar surface area (TPSA) is 17.8 Å². The van der Waals surface area contributed by atoms with Crippen molar-refractivity contribution in [2.75, 3.05) is 0 Å². The number of rotatable bonds is 2. The van der Waals surface area contributed by atoms with E-state index in [-0.39, 0.29) is 0 Å². The average molecular weight is 182 g/mol. The lowest BCUT2D eigenvalue weighted by Crippen LogP contribution is -1.97. The molecule has 1 heterocycles. The molecule has 0 radical (unpaired) electrons. The van der Waals surface area contributed by atoms with Gasteiger partial charge >= 0.3 is 0 Å².